The van der Waals surface area contributed by atoms with Gasteiger partial charge in [0.1, 0.15) is 29.6 Å². The van der Waals surface area contributed by atoms with Crippen LogP contribution >= 0.6 is 11.3 Å². The maximum atomic E-state index is 11.4. The lowest BCUT2D eigenvalue weighted by molar-refractivity contribution is -0.139. The van der Waals surface area contributed by atoms with E-state index < -0.39 is 30.4 Å². The maximum absolute atomic E-state index is 11.4. The third-order valence-corrected chi connectivity index (χ3v) is 8.05. The molecule has 2 aromatic rings. The molecule has 0 fully saturated rings. The number of allylic oxidation sites excluding steroid dienone is 2. The summed E-state index contributed by atoms with van der Waals surface area (Å²) in [6.45, 7) is 7.14. The van der Waals surface area contributed by atoms with Gasteiger partial charge in [0.15, 0.2) is 0 Å². The van der Waals surface area contributed by atoms with Crippen molar-refractivity contribution in [1.29, 1.82) is 0 Å². The van der Waals surface area contributed by atoms with Crippen LogP contribution in [0.5, 0.6) is 0 Å². The van der Waals surface area contributed by atoms with E-state index >= 15 is 0 Å². The molecule has 0 saturated carbocycles. The first-order chi connectivity index (χ1) is 19.7. The SMILES string of the molecule is C=C(C)C(=O)OCCCC(O)C(O)CC(O)C(O)COC1=CCCC=c2cc(-c3ccc(CCCCC)s3)oc2=C1. The Balaban J connectivity index is 1.52. The number of aliphatic hydroxyl groups is 4. The molecule has 4 unspecified atom stereocenters. The van der Waals surface area contributed by atoms with E-state index in [9.17, 15) is 25.2 Å². The van der Waals surface area contributed by atoms with E-state index in [1.807, 2.05) is 12.1 Å². The number of carbonyl (C=O) groups excluding carboxylic acids is 1. The van der Waals surface area contributed by atoms with Crippen LogP contribution < -0.4 is 10.6 Å². The fourth-order valence-electron chi connectivity index (χ4n) is 4.39. The zero-order valence-corrected chi connectivity index (χ0v) is 24.9. The topological polar surface area (TPSA) is 130 Å². The minimum atomic E-state index is -1.31. The van der Waals surface area contributed by atoms with Crippen molar-refractivity contribution in [2.24, 2.45) is 0 Å². The zero-order valence-electron chi connectivity index (χ0n) is 24.1. The number of aryl methyl sites for hydroxylation is 1. The predicted molar refractivity (Wildman–Crippen MR) is 160 cm³/mol. The number of furan rings is 1. The summed E-state index contributed by atoms with van der Waals surface area (Å²) in [6.07, 6.45) is 7.39. The molecule has 226 valence electrons. The monoisotopic (exact) mass is 588 g/mol. The number of hydrogen-bond donors (Lipinski definition) is 4. The fourth-order valence-corrected chi connectivity index (χ4v) is 5.39. The van der Waals surface area contributed by atoms with Crippen LogP contribution in [0.2, 0.25) is 0 Å². The molecule has 0 aromatic carbocycles. The highest BCUT2D eigenvalue weighted by molar-refractivity contribution is 7.15. The van der Waals surface area contributed by atoms with Crippen LogP contribution in [0.3, 0.4) is 0 Å². The Morgan fingerprint density at radius 2 is 1.80 bits per heavy atom. The van der Waals surface area contributed by atoms with Gasteiger partial charge in [0, 0.05) is 28.2 Å². The Kier molecular flexibility index (Phi) is 13.3. The fraction of sp³-hybridized carbons (Fsp3) is 0.531. The van der Waals surface area contributed by atoms with Crippen LogP contribution in [0, 0.1) is 0 Å². The van der Waals surface area contributed by atoms with Crippen molar-refractivity contribution in [3.05, 3.63) is 57.7 Å². The number of ether oxygens (including phenoxy) is 2. The second kappa shape index (κ2) is 16.7. The average molecular weight is 589 g/mol. The first-order valence-corrected chi connectivity index (χ1v) is 15.3. The first-order valence-electron chi connectivity index (χ1n) is 14.5. The molecule has 4 atom stereocenters. The van der Waals surface area contributed by atoms with Gasteiger partial charge in [-0.15, -0.1) is 11.3 Å². The standard InChI is InChI=1S/C32H44O8S/c1-4-5-6-12-24-14-15-31(41-24)30-17-22-10-7-8-11-23(18-29(22)40-30)39-20-28(36)27(35)19-26(34)25(33)13-9-16-38-32(37)21(2)3/h10-11,14-15,17-18,25-28,33-36H,2,4-9,12-13,16,19-20H2,1,3H3. The Morgan fingerprint density at radius 3 is 2.56 bits per heavy atom. The number of fused-ring (bicyclic) bond motifs is 1. The van der Waals surface area contributed by atoms with E-state index in [4.69, 9.17) is 13.9 Å². The maximum Gasteiger partial charge on any atom is 0.333 e. The largest absolute Gasteiger partial charge is 0.491 e. The number of esters is 1. The molecule has 0 spiro atoms. The summed E-state index contributed by atoms with van der Waals surface area (Å²) in [5, 5.41) is 42.3. The molecule has 2 heterocycles. The quantitative estimate of drug-likeness (QED) is 0.125. The summed E-state index contributed by atoms with van der Waals surface area (Å²) >= 11 is 1.75. The second-order valence-corrected chi connectivity index (χ2v) is 11.7. The van der Waals surface area contributed by atoms with Gasteiger partial charge in [0.25, 0.3) is 0 Å². The zero-order chi connectivity index (χ0) is 29.8. The summed E-state index contributed by atoms with van der Waals surface area (Å²) in [5.41, 5.74) is 0.963. The van der Waals surface area contributed by atoms with Gasteiger partial charge >= 0.3 is 5.97 Å². The molecule has 0 saturated heterocycles. The summed E-state index contributed by atoms with van der Waals surface area (Å²) in [6, 6.07) is 6.32. The van der Waals surface area contributed by atoms with Gasteiger partial charge in [-0.2, -0.15) is 0 Å². The molecule has 0 bridgehead atoms. The van der Waals surface area contributed by atoms with Crippen LogP contribution in [0.25, 0.3) is 22.8 Å². The van der Waals surface area contributed by atoms with Gasteiger partial charge in [0.2, 0.25) is 0 Å². The highest BCUT2D eigenvalue weighted by Gasteiger charge is 2.25. The van der Waals surface area contributed by atoms with Crippen LogP contribution in [-0.2, 0) is 20.7 Å². The van der Waals surface area contributed by atoms with E-state index in [-0.39, 0.29) is 31.6 Å². The van der Waals surface area contributed by atoms with Gasteiger partial charge in [0.05, 0.1) is 29.8 Å². The highest BCUT2D eigenvalue weighted by Crippen LogP contribution is 2.28. The van der Waals surface area contributed by atoms with Crippen LogP contribution in [0.15, 0.2) is 46.6 Å². The molecule has 1 aliphatic carbocycles. The van der Waals surface area contributed by atoms with Crippen LogP contribution in [0.4, 0.5) is 0 Å². The Bertz CT molecular complexity index is 1270. The van der Waals surface area contributed by atoms with Crippen molar-refractivity contribution in [1.82, 2.24) is 0 Å². The van der Waals surface area contributed by atoms with Gasteiger partial charge < -0.3 is 34.3 Å². The van der Waals surface area contributed by atoms with Crippen molar-refractivity contribution < 1.29 is 39.1 Å². The van der Waals surface area contributed by atoms with Crippen molar-refractivity contribution in [2.75, 3.05) is 13.2 Å². The van der Waals surface area contributed by atoms with E-state index in [0.717, 1.165) is 35.1 Å². The third kappa shape index (κ3) is 10.6. The van der Waals surface area contributed by atoms with Crippen molar-refractivity contribution in [3.63, 3.8) is 0 Å². The Hall–Kier alpha value is -2.69. The smallest absolute Gasteiger partial charge is 0.333 e. The van der Waals surface area contributed by atoms with Crippen molar-refractivity contribution >= 4 is 29.5 Å². The van der Waals surface area contributed by atoms with E-state index in [2.05, 4.69) is 31.7 Å². The van der Waals surface area contributed by atoms with Crippen molar-refractivity contribution in [3.8, 4) is 10.6 Å². The number of thiophene rings is 1. The van der Waals surface area contributed by atoms with E-state index in [1.165, 1.54) is 24.1 Å². The number of rotatable bonds is 17. The summed E-state index contributed by atoms with van der Waals surface area (Å²) in [5.74, 6) is 0.835. The lowest BCUT2D eigenvalue weighted by Crippen LogP contribution is -2.37. The molecule has 9 heteroatoms. The van der Waals surface area contributed by atoms with E-state index in [0.29, 0.717) is 17.6 Å². The van der Waals surface area contributed by atoms with E-state index in [1.54, 1.807) is 24.3 Å². The van der Waals surface area contributed by atoms with Gasteiger partial charge in [-0.1, -0.05) is 32.4 Å². The average Bonchev–Trinajstić information content (AvgIpc) is 3.56. The molecule has 0 amide bonds. The number of carbonyl (C=O) groups is 1. The molecular formula is C32H44O8S. The predicted octanol–water partition coefficient (Wildman–Crippen LogP) is 3.73. The molecular weight excluding hydrogens is 544 g/mol. The highest BCUT2D eigenvalue weighted by atomic mass is 32.1. The Morgan fingerprint density at radius 1 is 1.05 bits per heavy atom. The molecule has 8 nitrogen and oxygen atoms in total. The normalized spacial score (nSPS) is 16.1. The molecule has 4 N–H and O–H groups in total. The third-order valence-electron chi connectivity index (χ3n) is 6.89. The number of hydrogen-bond acceptors (Lipinski definition) is 9. The molecule has 2 aromatic heterocycles. The molecule has 0 aliphatic heterocycles. The minimum absolute atomic E-state index is 0.0875. The Labute approximate surface area is 245 Å². The molecule has 41 heavy (non-hydrogen) atoms. The second-order valence-electron chi connectivity index (χ2n) is 10.6. The van der Waals surface area contributed by atoms with Gasteiger partial charge in [-0.3, -0.25) is 0 Å². The number of unbranched alkanes of at least 4 members (excludes halogenated alkanes) is 2. The van der Waals surface area contributed by atoms with Gasteiger partial charge in [-0.25, -0.2) is 4.79 Å². The van der Waals surface area contributed by atoms with Crippen LogP contribution in [-0.4, -0.2) is 64.0 Å². The van der Waals surface area contributed by atoms with Gasteiger partial charge in [-0.05, 0) is 69.7 Å². The minimum Gasteiger partial charge on any atom is -0.491 e. The number of aliphatic hydroxyl groups excluding tert-OH is 4. The van der Waals surface area contributed by atoms with Crippen molar-refractivity contribution in [2.45, 2.75) is 96.1 Å². The lowest BCUT2D eigenvalue weighted by atomic mass is 10.0. The molecule has 1 aliphatic rings. The lowest BCUT2D eigenvalue weighted by Gasteiger charge is -2.24. The summed E-state index contributed by atoms with van der Waals surface area (Å²) in [4.78, 5) is 13.8. The molecule has 3 rings (SSSR count). The van der Waals surface area contributed by atoms with Crippen LogP contribution in [0.1, 0.15) is 70.1 Å². The summed E-state index contributed by atoms with van der Waals surface area (Å²) < 4.78 is 17.0. The molecule has 0 radical (unpaired) electrons. The first kappa shape index (κ1) is 32.8. The summed E-state index contributed by atoms with van der Waals surface area (Å²) in [7, 11) is 0.